The molecule has 1 aromatic rings. The Bertz CT molecular complexity index is 855. The van der Waals surface area contributed by atoms with E-state index in [1.54, 1.807) is 6.92 Å². The zero-order chi connectivity index (χ0) is 19.1. The van der Waals surface area contributed by atoms with Gasteiger partial charge in [0.15, 0.2) is 0 Å². The third-order valence-corrected chi connectivity index (χ3v) is 6.18. The molecule has 1 saturated heterocycles. The van der Waals surface area contributed by atoms with Crippen molar-refractivity contribution in [3.8, 4) is 0 Å². The molecule has 1 aliphatic carbocycles. The van der Waals surface area contributed by atoms with Gasteiger partial charge in [-0.3, -0.25) is 4.79 Å². The van der Waals surface area contributed by atoms with Crippen LogP contribution in [0.4, 0.5) is 14.9 Å². The molecule has 26 heavy (non-hydrogen) atoms. The van der Waals surface area contributed by atoms with Crippen molar-refractivity contribution in [3.05, 3.63) is 24.0 Å². The minimum atomic E-state index is -4.00. The number of hydrogen-bond donors (Lipinski definition) is 3. The maximum absolute atomic E-state index is 14.0. The number of sulfonamides is 1. The largest absolute Gasteiger partial charge is 0.481 e. The summed E-state index contributed by atoms with van der Waals surface area (Å²) in [5.74, 6) is -1.88. The fourth-order valence-electron chi connectivity index (χ4n) is 2.78. The van der Waals surface area contributed by atoms with Crippen LogP contribution >= 0.6 is 0 Å². The van der Waals surface area contributed by atoms with Crippen LogP contribution in [-0.2, 0) is 14.8 Å². The lowest BCUT2D eigenvalue weighted by Gasteiger charge is -2.20. The maximum Gasteiger partial charge on any atom is 0.321 e. The number of nitrogens with zero attached hydrogens (tertiary/aromatic N) is 1. The van der Waals surface area contributed by atoms with Crippen molar-refractivity contribution in [3.63, 3.8) is 0 Å². The Hall–Kier alpha value is -2.20. The Morgan fingerprint density at radius 3 is 2.62 bits per heavy atom. The number of nitrogens with one attached hydrogen (secondary N) is 2. The lowest BCUT2D eigenvalue weighted by molar-refractivity contribution is -0.146. The summed E-state index contributed by atoms with van der Waals surface area (Å²) in [4.78, 5) is 24.4. The molecule has 0 spiro atoms. The molecule has 2 fully saturated rings. The van der Waals surface area contributed by atoms with E-state index in [1.165, 1.54) is 11.0 Å². The van der Waals surface area contributed by atoms with E-state index in [4.69, 9.17) is 0 Å². The number of anilines is 1. The van der Waals surface area contributed by atoms with Gasteiger partial charge in [0.2, 0.25) is 10.0 Å². The van der Waals surface area contributed by atoms with Crippen molar-refractivity contribution in [1.29, 1.82) is 0 Å². The Morgan fingerprint density at radius 2 is 2.04 bits per heavy atom. The first-order valence-corrected chi connectivity index (χ1v) is 9.70. The van der Waals surface area contributed by atoms with Gasteiger partial charge in [-0.2, -0.15) is 0 Å². The van der Waals surface area contributed by atoms with E-state index in [9.17, 15) is 27.5 Å². The van der Waals surface area contributed by atoms with Gasteiger partial charge in [0, 0.05) is 24.8 Å². The quantitative estimate of drug-likeness (QED) is 0.712. The van der Waals surface area contributed by atoms with Gasteiger partial charge in [-0.1, -0.05) is 0 Å². The minimum Gasteiger partial charge on any atom is -0.481 e. The maximum atomic E-state index is 14.0. The smallest absolute Gasteiger partial charge is 0.321 e. The fraction of sp³-hybridized carbons (Fsp3) is 0.500. The molecule has 1 unspecified atom stereocenters. The summed E-state index contributed by atoms with van der Waals surface area (Å²) in [6.45, 7) is 1.88. The van der Waals surface area contributed by atoms with E-state index in [1.807, 2.05) is 0 Å². The first-order chi connectivity index (χ1) is 12.1. The number of hydrogen-bond acceptors (Lipinski definition) is 4. The standard InChI is InChI=1S/C16H20FN3O5S/c1-16(14(21)22)6-7-20(9-16)15(23)18-11-4-5-12(17)13(8-11)26(24,25)19-10-2-3-10/h4-5,8,10,19H,2-3,6-7,9H2,1H3,(H,18,23)(H,21,22). The highest BCUT2D eigenvalue weighted by Crippen LogP contribution is 2.31. The summed E-state index contributed by atoms with van der Waals surface area (Å²) in [5.41, 5.74) is -0.889. The number of benzene rings is 1. The number of halogens is 1. The van der Waals surface area contributed by atoms with Gasteiger partial charge in [-0.15, -0.1) is 0 Å². The highest BCUT2D eigenvalue weighted by atomic mass is 32.2. The summed E-state index contributed by atoms with van der Waals surface area (Å²) in [6.07, 6.45) is 1.76. The van der Waals surface area contributed by atoms with Gasteiger partial charge < -0.3 is 15.3 Å². The van der Waals surface area contributed by atoms with Crippen molar-refractivity contribution < 1.29 is 27.5 Å². The van der Waals surface area contributed by atoms with Crippen LogP contribution in [-0.4, -0.2) is 49.6 Å². The topological polar surface area (TPSA) is 116 Å². The van der Waals surface area contributed by atoms with Crippen LogP contribution in [0.5, 0.6) is 0 Å². The summed E-state index contributed by atoms with van der Waals surface area (Å²) < 4.78 is 40.8. The molecule has 1 heterocycles. The average molecular weight is 385 g/mol. The molecular weight excluding hydrogens is 365 g/mol. The van der Waals surface area contributed by atoms with Gasteiger partial charge in [0.1, 0.15) is 10.7 Å². The van der Waals surface area contributed by atoms with Gasteiger partial charge in [-0.25, -0.2) is 22.3 Å². The zero-order valence-electron chi connectivity index (χ0n) is 14.2. The number of urea groups is 1. The number of carboxylic acids is 1. The molecule has 8 nitrogen and oxygen atoms in total. The van der Waals surface area contributed by atoms with Gasteiger partial charge in [0.05, 0.1) is 5.41 Å². The predicted molar refractivity (Wildman–Crippen MR) is 90.7 cm³/mol. The zero-order valence-corrected chi connectivity index (χ0v) is 15.0. The Morgan fingerprint density at radius 1 is 1.35 bits per heavy atom. The van der Waals surface area contributed by atoms with Crippen LogP contribution in [0.2, 0.25) is 0 Å². The van der Waals surface area contributed by atoms with Gasteiger partial charge in [0.25, 0.3) is 0 Å². The summed E-state index contributed by atoms with van der Waals surface area (Å²) >= 11 is 0. The third-order valence-electron chi connectivity index (χ3n) is 4.65. The predicted octanol–water partition coefficient (Wildman–Crippen LogP) is 1.59. The average Bonchev–Trinajstić information content (AvgIpc) is 3.26. The third kappa shape index (κ3) is 3.80. The molecule has 10 heteroatoms. The second-order valence-corrected chi connectivity index (χ2v) is 8.69. The fourth-order valence-corrected chi connectivity index (χ4v) is 4.19. The number of carbonyl (C=O) groups is 2. The number of amides is 2. The minimum absolute atomic E-state index is 0.0454. The number of rotatable bonds is 5. The summed E-state index contributed by atoms with van der Waals surface area (Å²) in [6, 6.07) is 2.57. The normalized spacial score (nSPS) is 23.1. The first-order valence-electron chi connectivity index (χ1n) is 8.22. The molecule has 2 aliphatic rings. The Balaban J connectivity index is 1.73. The number of carboxylic acid groups (broad SMARTS) is 1. The van der Waals surface area contributed by atoms with Crippen molar-refractivity contribution in [2.45, 2.75) is 37.1 Å². The molecule has 1 saturated carbocycles. The highest BCUT2D eigenvalue weighted by molar-refractivity contribution is 7.89. The second-order valence-electron chi connectivity index (χ2n) is 7.01. The lowest BCUT2D eigenvalue weighted by atomic mass is 9.90. The number of likely N-dealkylation sites (tertiary alicyclic amines) is 1. The summed E-state index contributed by atoms with van der Waals surface area (Å²) in [5, 5.41) is 11.7. The molecule has 142 valence electrons. The highest BCUT2D eigenvalue weighted by Gasteiger charge is 2.42. The second kappa shape index (κ2) is 6.51. The lowest BCUT2D eigenvalue weighted by Crippen LogP contribution is -2.37. The molecule has 2 amide bonds. The van der Waals surface area contributed by atoms with E-state index < -0.39 is 38.2 Å². The molecular formula is C16H20FN3O5S. The van der Waals surface area contributed by atoms with Crippen molar-refractivity contribution in [2.75, 3.05) is 18.4 Å². The SMILES string of the molecule is CC1(C(=O)O)CCN(C(=O)Nc2ccc(F)c(S(=O)(=O)NC3CC3)c2)C1. The van der Waals surface area contributed by atoms with Gasteiger partial charge in [-0.05, 0) is 44.4 Å². The van der Waals surface area contributed by atoms with E-state index in [2.05, 4.69) is 10.0 Å². The van der Waals surface area contributed by atoms with Crippen LogP contribution in [0.3, 0.4) is 0 Å². The molecule has 0 radical (unpaired) electrons. The van der Waals surface area contributed by atoms with Gasteiger partial charge >= 0.3 is 12.0 Å². The van der Waals surface area contributed by atoms with E-state index >= 15 is 0 Å². The Labute approximate surface area is 150 Å². The first kappa shape index (κ1) is 18.6. The van der Waals surface area contributed by atoms with Crippen LogP contribution in [0.1, 0.15) is 26.2 Å². The molecule has 3 N–H and O–H groups in total. The van der Waals surface area contributed by atoms with Crippen LogP contribution in [0.25, 0.3) is 0 Å². The molecule has 1 aromatic carbocycles. The molecule has 3 rings (SSSR count). The molecule has 0 bridgehead atoms. The van der Waals surface area contributed by atoms with Crippen molar-refractivity contribution in [1.82, 2.24) is 9.62 Å². The Kier molecular flexibility index (Phi) is 4.65. The molecule has 1 aliphatic heterocycles. The van der Waals surface area contributed by atoms with Crippen LogP contribution in [0, 0.1) is 11.2 Å². The number of carbonyl (C=O) groups excluding carboxylic acids is 1. The molecule has 1 atom stereocenters. The van der Waals surface area contributed by atoms with E-state index in [-0.39, 0.29) is 24.8 Å². The number of aliphatic carboxylic acids is 1. The monoisotopic (exact) mass is 385 g/mol. The van der Waals surface area contributed by atoms with Crippen molar-refractivity contribution >= 4 is 27.7 Å². The van der Waals surface area contributed by atoms with E-state index in [0.717, 1.165) is 12.1 Å². The van der Waals surface area contributed by atoms with Crippen LogP contribution < -0.4 is 10.0 Å². The summed E-state index contributed by atoms with van der Waals surface area (Å²) in [7, 11) is -4.00. The molecule has 0 aromatic heterocycles. The van der Waals surface area contributed by atoms with Crippen LogP contribution in [0.15, 0.2) is 23.1 Å². The van der Waals surface area contributed by atoms with Crippen molar-refractivity contribution in [2.24, 2.45) is 5.41 Å². The van der Waals surface area contributed by atoms with E-state index in [0.29, 0.717) is 19.3 Å².